The molecule has 0 saturated heterocycles. The molecule has 0 spiro atoms. The van der Waals surface area contributed by atoms with Crippen molar-refractivity contribution in [1.82, 2.24) is 0 Å². The number of unbranched alkanes of at least 4 members (excludes halogenated alkanes) is 2. The van der Waals surface area contributed by atoms with Gasteiger partial charge in [-0.05, 0) is 36.8 Å². The Morgan fingerprint density at radius 3 is 2.22 bits per heavy atom. The summed E-state index contributed by atoms with van der Waals surface area (Å²) in [7, 11) is 1.32. The first-order chi connectivity index (χ1) is 11.2. The fourth-order valence-electron chi connectivity index (χ4n) is 3.36. The van der Waals surface area contributed by atoms with Crippen molar-refractivity contribution < 1.29 is 18.3 Å². The predicted octanol–water partition coefficient (Wildman–Crippen LogP) is 5.74. The van der Waals surface area contributed by atoms with Gasteiger partial charge in [0.15, 0.2) is 11.5 Å². The molecular weight excluding hydrogens is 298 g/mol. The lowest BCUT2D eigenvalue weighted by Crippen LogP contribution is -2.20. The van der Waals surface area contributed by atoms with E-state index in [0.29, 0.717) is 12.5 Å². The molecular formula is C19H28F2O2. The Morgan fingerprint density at radius 1 is 0.957 bits per heavy atom. The van der Waals surface area contributed by atoms with Crippen LogP contribution in [-0.2, 0) is 0 Å². The van der Waals surface area contributed by atoms with E-state index in [1.807, 2.05) is 0 Å². The van der Waals surface area contributed by atoms with Gasteiger partial charge in [-0.1, -0.05) is 45.4 Å². The molecule has 0 aliphatic heterocycles. The lowest BCUT2D eigenvalue weighted by Gasteiger charge is -2.28. The predicted molar refractivity (Wildman–Crippen MR) is 88.0 cm³/mol. The van der Waals surface area contributed by atoms with E-state index < -0.39 is 11.6 Å². The summed E-state index contributed by atoms with van der Waals surface area (Å²) in [5, 5.41) is 0. The maximum Gasteiger partial charge on any atom is 0.204 e. The zero-order chi connectivity index (χ0) is 16.7. The van der Waals surface area contributed by atoms with Gasteiger partial charge in [-0.3, -0.25) is 0 Å². The molecule has 23 heavy (non-hydrogen) atoms. The van der Waals surface area contributed by atoms with E-state index in [4.69, 9.17) is 9.47 Å². The summed E-state index contributed by atoms with van der Waals surface area (Å²) in [4.78, 5) is 0. The number of methoxy groups -OCH3 is 1. The molecule has 2 nitrogen and oxygen atoms in total. The van der Waals surface area contributed by atoms with E-state index in [9.17, 15) is 8.78 Å². The first-order valence-corrected chi connectivity index (χ1v) is 8.80. The third-order valence-corrected chi connectivity index (χ3v) is 4.89. The lowest BCUT2D eigenvalue weighted by molar-refractivity contribution is 0.172. The zero-order valence-corrected chi connectivity index (χ0v) is 14.2. The van der Waals surface area contributed by atoms with Gasteiger partial charge in [-0.15, -0.1) is 0 Å². The molecule has 0 heterocycles. The number of ether oxygens (including phenoxy) is 2. The lowest BCUT2D eigenvalue weighted by atomic mass is 9.80. The molecule has 4 heteroatoms. The van der Waals surface area contributed by atoms with Crippen LogP contribution < -0.4 is 9.47 Å². The van der Waals surface area contributed by atoms with Crippen LogP contribution in [0.2, 0.25) is 0 Å². The van der Waals surface area contributed by atoms with Crippen molar-refractivity contribution >= 4 is 0 Å². The van der Waals surface area contributed by atoms with Gasteiger partial charge in [0.25, 0.3) is 0 Å². The topological polar surface area (TPSA) is 18.5 Å². The number of hydrogen-bond acceptors (Lipinski definition) is 2. The van der Waals surface area contributed by atoms with Gasteiger partial charge in [0, 0.05) is 0 Å². The normalized spacial score (nSPS) is 21.2. The van der Waals surface area contributed by atoms with Crippen molar-refractivity contribution in [2.75, 3.05) is 13.7 Å². The van der Waals surface area contributed by atoms with Crippen molar-refractivity contribution in [2.45, 2.75) is 58.3 Å². The van der Waals surface area contributed by atoms with E-state index in [1.165, 1.54) is 57.8 Å². The molecule has 0 unspecified atom stereocenters. The summed E-state index contributed by atoms with van der Waals surface area (Å²) in [6, 6.07) is 2.84. The molecule has 130 valence electrons. The molecule has 0 aromatic heterocycles. The Bertz CT molecular complexity index is 483. The zero-order valence-electron chi connectivity index (χ0n) is 14.2. The van der Waals surface area contributed by atoms with Crippen molar-refractivity contribution in [1.29, 1.82) is 0 Å². The number of benzene rings is 1. The Labute approximate surface area is 138 Å². The van der Waals surface area contributed by atoms with E-state index in [2.05, 4.69) is 6.92 Å². The molecule has 0 N–H and O–H groups in total. The van der Waals surface area contributed by atoms with Crippen LogP contribution in [0, 0.1) is 23.5 Å². The second-order valence-corrected chi connectivity index (χ2v) is 6.59. The summed E-state index contributed by atoms with van der Waals surface area (Å²) in [6.07, 6.45) is 9.97. The highest BCUT2D eigenvalue weighted by Gasteiger charge is 2.22. The Kier molecular flexibility index (Phi) is 7.13. The van der Waals surface area contributed by atoms with Crippen molar-refractivity contribution in [3.63, 3.8) is 0 Å². The number of rotatable bonds is 8. The average molecular weight is 326 g/mol. The average Bonchev–Trinajstić information content (AvgIpc) is 2.58. The molecule has 1 aromatic carbocycles. The molecule has 0 radical (unpaired) electrons. The van der Waals surface area contributed by atoms with Crippen LogP contribution in [0.15, 0.2) is 12.1 Å². The first kappa shape index (κ1) is 18.0. The van der Waals surface area contributed by atoms with Gasteiger partial charge < -0.3 is 9.47 Å². The Morgan fingerprint density at radius 2 is 1.57 bits per heavy atom. The monoisotopic (exact) mass is 326 g/mol. The van der Waals surface area contributed by atoms with Crippen molar-refractivity contribution in [3.8, 4) is 11.5 Å². The minimum atomic E-state index is -0.982. The number of hydrogen-bond donors (Lipinski definition) is 0. The highest BCUT2D eigenvalue weighted by Crippen LogP contribution is 2.33. The SMILES string of the molecule is CCCCCC1CCC(COc2ccc(OC)c(F)c2F)CC1. The van der Waals surface area contributed by atoms with Crippen molar-refractivity contribution in [2.24, 2.45) is 11.8 Å². The molecule has 0 bridgehead atoms. The van der Waals surface area contributed by atoms with Gasteiger partial charge in [0.05, 0.1) is 13.7 Å². The van der Waals surface area contributed by atoms with Gasteiger partial charge in [0.1, 0.15) is 0 Å². The summed E-state index contributed by atoms with van der Waals surface area (Å²) >= 11 is 0. The smallest absolute Gasteiger partial charge is 0.204 e. The molecule has 1 saturated carbocycles. The van der Waals surface area contributed by atoms with Crippen LogP contribution in [0.1, 0.15) is 58.3 Å². The van der Waals surface area contributed by atoms with Gasteiger partial charge in [-0.25, -0.2) is 0 Å². The van der Waals surface area contributed by atoms with Crippen LogP contribution >= 0.6 is 0 Å². The van der Waals surface area contributed by atoms with E-state index in [0.717, 1.165) is 18.8 Å². The number of halogens is 2. The second-order valence-electron chi connectivity index (χ2n) is 6.59. The van der Waals surface area contributed by atoms with Gasteiger partial charge >= 0.3 is 0 Å². The molecule has 1 fully saturated rings. The van der Waals surface area contributed by atoms with E-state index >= 15 is 0 Å². The van der Waals surface area contributed by atoms with Crippen LogP contribution in [0.25, 0.3) is 0 Å². The van der Waals surface area contributed by atoms with Crippen molar-refractivity contribution in [3.05, 3.63) is 23.8 Å². The van der Waals surface area contributed by atoms with Gasteiger partial charge in [0.2, 0.25) is 11.6 Å². The fraction of sp³-hybridized carbons (Fsp3) is 0.684. The Hall–Kier alpha value is -1.32. The molecule has 0 atom stereocenters. The van der Waals surface area contributed by atoms with E-state index in [-0.39, 0.29) is 11.5 Å². The summed E-state index contributed by atoms with van der Waals surface area (Å²) in [6.45, 7) is 2.69. The standard InChI is InChI=1S/C19H28F2O2/c1-3-4-5-6-14-7-9-15(10-8-14)13-23-17-12-11-16(22-2)18(20)19(17)21/h11-12,14-15H,3-10,13H2,1-2H3. The maximum atomic E-state index is 13.9. The third kappa shape index (κ3) is 5.08. The molecule has 0 amide bonds. The molecule has 1 aliphatic carbocycles. The largest absolute Gasteiger partial charge is 0.494 e. The highest BCUT2D eigenvalue weighted by molar-refractivity contribution is 5.34. The molecule has 1 aliphatic rings. The van der Waals surface area contributed by atoms with Crippen LogP contribution in [0.5, 0.6) is 11.5 Å². The maximum absolute atomic E-state index is 13.9. The second kappa shape index (κ2) is 9.09. The van der Waals surface area contributed by atoms with Crippen LogP contribution in [0.4, 0.5) is 8.78 Å². The highest BCUT2D eigenvalue weighted by atomic mass is 19.2. The first-order valence-electron chi connectivity index (χ1n) is 8.80. The quantitative estimate of drug-likeness (QED) is 0.567. The fourth-order valence-corrected chi connectivity index (χ4v) is 3.36. The minimum absolute atomic E-state index is 0.0200. The van der Waals surface area contributed by atoms with Gasteiger partial charge in [-0.2, -0.15) is 8.78 Å². The Balaban J connectivity index is 1.76. The van der Waals surface area contributed by atoms with Crippen LogP contribution in [-0.4, -0.2) is 13.7 Å². The van der Waals surface area contributed by atoms with Crippen LogP contribution in [0.3, 0.4) is 0 Å². The molecule has 2 rings (SSSR count). The van der Waals surface area contributed by atoms with E-state index in [1.54, 1.807) is 0 Å². The summed E-state index contributed by atoms with van der Waals surface area (Å²) in [5.41, 5.74) is 0. The summed E-state index contributed by atoms with van der Waals surface area (Å²) in [5.74, 6) is -0.770. The minimum Gasteiger partial charge on any atom is -0.494 e. The summed E-state index contributed by atoms with van der Waals surface area (Å²) < 4.78 is 37.8. The third-order valence-electron chi connectivity index (χ3n) is 4.89. The molecule has 1 aromatic rings.